The molecular weight excluding hydrogens is 679 g/mol. The highest BCUT2D eigenvalue weighted by molar-refractivity contribution is 7.61. The van der Waals surface area contributed by atoms with Gasteiger partial charge in [0.25, 0.3) is 0 Å². The highest BCUT2D eigenvalue weighted by Crippen LogP contribution is 2.63. The van der Waals surface area contributed by atoms with Crippen LogP contribution >= 0.6 is 16.1 Å². The van der Waals surface area contributed by atoms with Gasteiger partial charge in [-0.1, -0.05) is 126 Å². The van der Waals surface area contributed by atoms with Gasteiger partial charge in [0.1, 0.15) is 0 Å². The highest BCUT2D eigenvalue weighted by Gasteiger charge is 2.46. The van der Waals surface area contributed by atoms with Crippen molar-refractivity contribution >= 4 is 49.1 Å². The van der Waals surface area contributed by atoms with Crippen LogP contribution in [0.25, 0.3) is 21.5 Å². The first kappa shape index (κ1) is 35.3. The molecule has 0 aromatic heterocycles. The molecule has 4 heteroatoms. The van der Waals surface area contributed by atoms with Crippen molar-refractivity contribution in [3.8, 4) is 0 Å². The van der Waals surface area contributed by atoms with Gasteiger partial charge in [-0.2, -0.15) is 0 Å². The molecule has 1 spiro atoms. The summed E-state index contributed by atoms with van der Waals surface area (Å²) < 4.78 is 0. The molecule has 2 N–H and O–H groups in total. The van der Waals surface area contributed by atoms with Gasteiger partial charge in [-0.25, -0.2) is 0 Å². The van der Waals surface area contributed by atoms with Crippen molar-refractivity contribution in [3.05, 3.63) is 82.9 Å². The van der Waals surface area contributed by atoms with Crippen LogP contribution in [0.15, 0.2) is 60.7 Å². The van der Waals surface area contributed by atoms with Crippen LogP contribution < -0.4 is 10.2 Å². The molecule has 0 heterocycles. The number of benzene rings is 4. The van der Waals surface area contributed by atoms with Gasteiger partial charge in [-0.15, -0.1) is 0 Å². The van der Waals surface area contributed by atoms with E-state index in [9.17, 15) is 0 Å². The van der Waals surface area contributed by atoms with Crippen molar-refractivity contribution in [2.75, 3.05) is 10.2 Å². The average Bonchev–Trinajstić information content (AvgIpc) is 3.23. The topological polar surface area (TPSA) is 24.1 Å². The number of hydrogen-bond donors (Lipinski definition) is 2. The number of fused-ring (bicyclic) bond motifs is 2. The molecule has 4 aromatic rings. The third-order valence-corrected chi connectivity index (χ3v) is 21.4. The molecule has 6 aliphatic rings. The van der Waals surface area contributed by atoms with Gasteiger partial charge >= 0.3 is 0 Å². The second-order valence-electron chi connectivity index (χ2n) is 18.3. The molecule has 0 atom stereocenters. The number of nitrogens with one attached hydrogen (secondary N) is 2. The molecule has 6 aliphatic carbocycles. The van der Waals surface area contributed by atoms with Crippen molar-refractivity contribution in [2.24, 2.45) is 0 Å². The fourth-order valence-electron chi connectivity index (χ4n) is 12.6. The molecular formula is C49H64N2P2. The molecule has 0 saturated heterocycles. The third kappa shape index (κ3) is 6.57. The maximum Gasteiger partial charge on any atom is 0.0421 e. The molecule has 4 saturated carbocycles. The van der Waals surface area contributed by atoms with E-state index in [1.807, 2.05) is 0 Å². The molecule has 0 unspecified atom stereocenters. The van der Waals surface area contributed by atoms with Crippen LogP contribution in [0.2, 0.25) is 0 Å². The smallest absolute Gasteiger partial charge is 0.0421 e. The van der Waals surface area contributed by atoms with E-state index in [1.54, 1.807) is 33.0 Å². The largest absolute Gasteiger partial charge is 0.363 e. The van der Waals surface area contributed by atoms with E-state index in [2.05, 4.69) is 70.8 Å². The van der Waals surface area contributed by atoms with Gasteiger partial charge in [0.15, 0.2) is 0 Å². The first-order chi connectivity index (χ1) is 26.3. The Balaban J connectivity index is 1.15. The van der Waals surface area contributed by atoms with Crippen LogP contribution in [-0.4, -0.2) is 22.6 Å². The van der Waals surface area contributed by atoms with Crippen LogP contribution in [0.1, 0.15) is 164 Å². The van der Waals surface area contributed by atoms with Crippen molar-refractivity contribution in [1.82, 2.24) is 0 Å². The Morgan fingerprint density at radius 1 is 0.415 bits per heavy atom. The molecule has 10 rings (SSSR count). The van der Waals surface area contributed by atoms with Crippen LogP contribution in [-0.2, 0) is 18.3 Å². The minimum Gasteiger partial charge on any atom is -0.363 e. The first-order valence-corrected chi connectivity index (χ1v) is 25.4. The lowest BCUT2D eigenvalue weighted by Gasteiger charge is -2.47. The summed E-state index contributed by atoms with van der Waals surface area (Å²) in [5.41, 5.74) is 13.2. The molecule has 0 radical (unpaired) electrons. The summed E-state index contributed by atoms with van der Waals surface area (Å²) in [5, 5.41) is 15.4. The normalized spacial score (nSPS) is 23.0. The van der Waals surface area contributed by atoms with Gasteiger partial charge in [-0.3, -0.25) is 0 Å². The third-order valence-electron chi connectivity index (χ3n) is 15.2. The molecule has 53 heavy (non-hydrogen) atoms. The Kier molecular flexibility index (Phi) is 10.3. The monoisotopic (exact) mass is 742 g/mol. The lowest BCUT2D eigenvalue weighted by molar-refractivity contribution is 0.430. The summed E-state index contributed by atoms with van der Waals surface area (Å²) in [4.78, 5) is 0. The summed E-state index contributed by atoms with van der Waals surface area (Å²) in [6.07, 6.45) is 33.7. The Hall–Kier alpha value is -2.14. The zero-order valence-corrected chi connectivity index (χ0v) is 34.2. The van der Waals surface area contributed by atoms with Gasteiger partial charge < -0.3 is 10.2 Å². The molecule has 280 valence electrons. The number of hydrogen-bond acceptors (Lipinski definition) is 2. The predicted octanol–water partition coefficient (Wildman–Crippen LogP) is 15.1. The van der Waals surface area contributed by atoms with Crippen molar-refractivity contribution < 1.29 is 0 Å². The minimum atomic E-state index is -0.272. The molecule has 0 amide bonds. The van der Waals surface area contributed by atoms with E-state index < -0.39 is 0 Å². The van der Waals surface area contributed by atoms with E-state index in [0.717, 1.165) is 22.6 Å². The first-order valence-electron chi connectivity index (χ1n) is 22.5. The minimum absolute atomic E-state index is 0.0205. The van der Waals surface area contributed by atoms with Gasteiger partial charge in [0.2, 0.25) is 0 Å². The molecule has 2 nitrogen and oxygen atoms in total. The Morgan fingerprint density at radius 2 is 0.774 bits per heavy atom. The van der Waals surface area contributed by atoms with Crippen LogP contribution in [0, 0.1) is 0 Å². The van der Waals surface area contributed by atoms with Crippen molar-refractivity contribution in [1.29, 1.82) is 0 Å². The maximum absolute atomic E-state index is 4.63. The lowest BCUT2D eigenvalue weighted by Crippen LogP contribution is -2.37. The van der Waals surface area contributed by atoms with Crippen LogP contribution in [0.3, 0.4) is 0 Å². The molecule has 4 aromatic carbocycles. The summed E-state index contributed by atoms with van der Waals surface area (Å²) >= 11 is 0. The second kappa shape index (κ2) is 15.4. The molecule has 0 aliphatic heterocycles. The van der Waals surface area contributed by atoms with E-state index in [4.69, 9.17) is 0 Å². The SMILES string of the molecule is c1cc2c3c(c(NP(C4CCCCC4)C4CCCCC4)ccc3c1)C1(CC2)CCc2cccc3ccc(NP(C4CCCCC4)C4CCCCC4)c1c23. The summed E-state index contributed by atoms with van der Waals surface area (Å²) in [6, 6.07) is 24.7. The lowest BCUT2D eigenvalue weighted by atomic mass is 9.59. The standard InChI is InChI=1S/C49H64N2P2/c1-5-19-39(20-6-1)52(40-21-7-2-8-22-40)50-43-29-27-35-15-13-17-37-31-33-49(47(43)45(35)37)34-32-38-18-14-16-36-28-30-44(48(49)46(36)38)51-53(41-23-9-3-10-24-41)42-25-11-4-12-26-42/h13-18,27-30,39-42,50-51H,1-12,19-26,31-34H2. The Morgan fingerprint density at radius 3 is 1.13 bits per heavy atom. The Bertz CT molecular complexity index is 1730. The quantitative estimate of drug-likeness (QED) is 0.176. The number of aryl methyl sites for hydroxylation is 2. The van der Waals surface area contributed by atoms with E-state index in [1.165, 1.54) is 176 Å². The summed E-state index contributed by atoms with van der Waals surface area (Å²) in [7, 11) is -0.545. The zero-order valence-electron chi connectivity index (χ0n) is 32.4. The zero-order chi connectivity index (χ0) is 35.2. The highest BCUT2D eigenvalue weighted by atomic mass is 31.1. The van der Waals surface area contributed by atoms with Crippen LogP contribution in [0.5, 0.6) is 0 Å². The van der Waals surface area contributed by atoms with Gasteiger partial charge in [0.05, 0.1) is 0 Å². The summed E-state index contributed by atoms with van der Waals surface area (Å²) in [5.74, 6) is 0. The molecule has 0 bridgehead atoms. The fourth-order valence-corrected chi connectivity index (χ4v) is 19.2. The fraction of sp³-hybridized carbons (Fsp3) is 0.592. The van der Waals surface area contributed by atoms with Crippen LogP contribution in [0.4, 0.5) is 11.4 Å². The van der Waals surface area contributed by atoms with E-state index in [-0.39, 0.29) is 21.6 Å². The number of rotatable bonds is 8. The van der Waals surface area contributed by atoms with Crippen molar-refractivity contribution in [2.45, 2.75) is 182 Å². The summed E-state index contributed by atoms with van der Waals surface area (Å²) in [6.45, 7) is 0. The van der Waals surface area contributed by atoms with Gasteiger partial charge in [0, 0.05) is 16.8 Å². The van der Waals surface area contributed by atoms with E-state index >= 15 is 0 Å². The maximum atomic E-state index is 4.63. The van der Waals surface area contributed by atoms with Gasteiger partial charge in [-0.05, 0) is 172 Å². The number of anilines is 2. The average molecular weight is 743 g/mol. The van der Waals surface area contributed by atoms with Crippen molar-refractivity contribution in [3.63, 3.8) is 0 Å². The predicted molar refractivity (Wildman–Crippen MR) is 234 cm³/mol. The Labute approximate surface area is 323 Å². The molecule has 4 fully saturated rings. The second-order valence-corrected chi connectivity index (χ2v) is 23.3. The van der Waals surface area contributed by atoms with E-state index in [0.29, 0.717) is 0 Å².